The summed E-state index contributed by atoms with van der Waals surface area (Å²) in [5, 5.41) is 1.20. The molecular formula is C14H20N2S. The fourth-order valence-electron chi connectivity index (χ4n) is 1.79. The molecule has 0 fully saturated rings. The van der Waals surface area contributed by atoms with Crippen molar-refractivity contribution in [3.05, 3.63) is 28.8 Å². The molecule has 2 rings (SSSR count). The van der Waals surface area contributed by atoms with E-state index in [0.29, 0.717) is 0 Å². The smallest absolute Gasteiger partial charge is 0.0992 e. The lowest BCUT2D eigenvalue weighted by Crippen LogP contribution is -2.17. The van der Waals surface area contributed by atoms with Crippen molar-refractivity contribution in [3.8, 4) is 0 Å². The molecule has 0 bridgehead atoms. The van der Waals surface area contributed by atoms with Gasteiger partial charge in [-0.1, -0.05) is 26.8 Å². The fraction of sp³-hybridized carbons (Fsp3) is 0.500. The number of fused-ring (bicyclic) bond motifs is 1. The van der Waals surface area contributed by atoms with E-state index in [1.807, 2.05) is 6.92 Å². The van der Waals surface area contributed by atoms with Crippen molar-refractivity contribution in [2.24, 2.45) is 5.73 Å². The molecule has 2 aromatic rings. The zero-order chi connectivity index (χ0) is 12.6. The van der Waals surface area contributed by atoms with E-state index in [9.17, 15) is 0 Å². The van der Waals surface area contributed by atoms with Gasteiger partial charge in [0.15, 0.2) is 0 Å². The van der Waals surface area contributed by atoms with Crippen LogP contribution in [0.25, 0.3) is 10.2 Å². The van der Waals surface area contributed by atoms with Gasteiger partial charge in [0.2, 0.25) is 0 Å². The molecule has 17 heavy (non-hydrogen) atoms. The maximum absolute atomic E-state index is 5.83. The minimum atomic E-state index is 0.130. The number of rotatable bonds is 2. The number of benzene rings is 1. The summed E-state index contributed by atoms with van der Waals surface area (Å²) in [6, 6.07) is 6.69. The molecule has 1 atom stereocenters. The van der Waals surface area contributed by atoms with Crippen LogP contribution in [0.15, 0.2) is 18.2 Å². The van der Waals surface area contributed by atoms with Gasteiger partial charge < -0.3 is 5.73 Å². The molecule has 0 radical (unpaired) electrons. The Bertz CT molecular complexity index is 520. The molecule has 1 aromatic carbocycles. The van der Waals surface area contributed by atoms with E-state index in [0.717, 1.165) is 11.9 Å². The van der Waals surface area contributed by atoms with Crippen molar-refractivity contribution >= 4 is 21.6 Å². The Labute approximate surface area is 107 Å². The first-order valence-electron chi connectivity index (χ1n) is 6.02. The summed E-state index contributed by atoms with van der Waals surface area (Å²) < 4.78 is 1.27. The Morgan fingerprint density at radius 1 is 1.35 bits per heavy atom. The number of thiazole rings is 1. The maximum atomic E-state index is 5.83. The molecular weight excluding hydrogens is 228 g/mol. The predicted molar refractivity (Wildman–Crippen MR) is 75.7 cm³/mol. The van der Waals surface area contributed by atoms with Crippen LogP contribution in [0.2, 0.25) is 0 Å². The van der Waals surface area contributed by atoms with Crippen molar-refractivity contribution in [3.63, 3.8) is 0 Å². The highest BCUT2D eigenvalue weighted by Gasteiger charge is 2.18. The minimum absolute atomic E-state index is 0.130. The van der Waals surface area contributed by atoms with Gasteiger partial charge in [-0.05, 0) is 31.0 Å². The van der Waals surface area contributed by atoms with Crippen molar-refractivity contribution in [1.29, 1.82) is 0 Å². The maximum Gasteiger partial charge on any atom is 0.0992 e. The molecule has 1 unspecified atom stereocenters. The normalized spacial score (nSPS) is 14.2. The molecule has 0 saturated carbocycles. The molecule has 2 nitrogen and oxygen atoms in total. The lowest BCUT2D eigenvalue weighted by Gasteiger charge is -2.13. The lowest BCUT2D eigenvalue weighted by atomic mass is 9.98. The van der Waals surface area contributed by atoms with Gasteiger partial charge in [0.25, 0.3) is 0 Å². The molecule has 0 aliphatic rings. The number of nitrogens with two attached hydrogens (primary N) is 1. The van der Waals surface area contributed by atoms with Gasteiger partial charge in [-0.15, -0.1) is 11.3 Å². The Morgan fingerprint density at radius 3 is 2.65 bits per heavy atom. The van der Waals surface area contributed by atoms with E-state index in [-0.39, 0.29) is 11.5 Å². The van der Waals surface area contributed by atoms with Crippen molar-refractivity contribution < 1.29 is 0 Å². The van der Waals surface area contributed by atoms with E-state index in [1.54, 1.807) is 11.3 Å². The zero-order valence-electron chi connectivity index (χ0n) is 10.9. The van der Waals surface area contributed by atoms with Crippen LogP contribution in [0.3, 0.4) is 0 Å². The molecule has 1 aromatic heterocycles. The predicted octanol–water partition coefficient (Wildman–Crippen LogP) is 3.48. The molecule has 0 spiro atoms. The summed E-state index contributed by atoms with van der Waals surface area (Å²) in [6.07, 6.45) is 0.929. The first kappa shape index (κ1) is 12.5. The van der Waals surface area contributed by atoms with Gasteiger partial charge in [-0.2, -0.15) is 0 Å². The molecule has 0 amide bonds. The van der Waals surface area contributed by atoms with Gasteiger partial charge in [0.1, 0.15) is 0 Å². The third kappa shape index (κ3) is 2.85. The zero-order valence-corrected chi connectivity index (χ0v) is 11.8. The Balaban J connectivity index is 2.41. The summed E-state index contributed by atoms with van der Waals surface area (Å²) in [7, 11) is 0. The summed E-state index contributed by atoms with van der Waals surface area (Å²) >= 11 is 1.79. The van der Waals surface area contributed by atoms with Crippen LogP contribution in [-0.2, 0) is 11.8 Å². The van der Waals surface area contributed by atoms with E-state index in [4.69, 9.17) is 10.7 Å². The van der Waals surface area contributed by atoms with Crippen molar-refractivity contribution in [1.82, 2.24) is 4.98 Å². The summed E-state index contributed by atoms with van der Waals surface area (Å²) in [4.78, 5) is 4.69. The van der Waals surface area contributed by atoms with Crippen LogP contribution < -0.4 is 5.73 Å². The topological polar surface area (TPSA) is 38.9 Å². The highest BCUT2D eigenvalue weighted by Crippen LogP contribution is 2.31. The van der Waals surface area contributed by atoms with Gasteiger partial charge >= 0.3 is 0 Å². The molecule has 3 heteroatoms. The molecule has 0 aliphatic heterocycles. The second-order valence-corrected chi connectivity index (χ2v) is 6.78. The van der Waals surface area contributed by atoms with E-state index >= 15 is 0 Å². The highest BCUT2D eigenvalue weighted by atomic mass is 32.1. The van der Waals surface area contributed by atoms with Crippen LogP contribution >= 0.6 is 11.3 Å². The third-order valence-corrected chi connectivity index (χ3v) is 4.10. The third-order valence-electron chi connectivity index (χ3n) is 2.65. The van der Waals surface area contributed by atoms with E-state index < -0.39 is 0 Å². The van der Waals surface area contributed by atoms with Gasteiger partial charge in [-0.25, -0.2) is 4.98 Å². The summed E-state index contributed by atoms with van der Waals surface area (Å²) in [6.45, 7) is 8.65. The lowest BCUT2D eigenvalue weighted by molar-refractivity contribution is 0.587. The molecule has 0 saturated heterocycles. The molecule has 92 valence electrons. The first-order valence-corrected chi connectivity index (χ1v) is 6.83. The molecule has 2 N–H and O–H groups in total. The van der Waals surface area contributed by atoms with Crippen molar-refractivity contribution in [2.75, 3.05) is 0 Å². The number of nitrogens with zero attached hydrogens (tertiary/aromatic N) is 1. The number of aromatic nitrogens is 1. The Morgan fingerprint density at radius 2 is 2.06 bits per heavy atom. The van der Waals surface area contributed by atoms with Crippen LogP contribution in [0.4, 0.5) is 0 Å². The SMILES string of the molecule is CC(N)Cc1ccc2nc(C(C)(C)C)sc2c1. The first-order chi connectivity index (χ1) is 7.86. The van der Waals surface area contributed by atoms with Crippen LogP contribution in [-0.4, -0.2) is 11.0 Å². The quantitative estimate of drug-likeness (QED) is 0.883. The summed E-state index contributed by atoms with van der Waals surface area (Å²) in [5.74, 6) is 0. The Kier molecular flexibility index (Phi) is 3.23. The molecule has 0 aliphatic carbocycles. The van der Waals surface area contributed by atoms with Gasteiger partial charge in [0.05, 0.1) is 15.2 Å². The van der Waals surface area contributed by atoms with Crippen LogP contribution in [0, 0.1) is 0 Å². The van der Waals surface area contributed by atoms with Crippen LogP contribution in [0.5, 0.6) is 0 Å². The second-order valence-electron chi connectivity index (χ2n) is 5.75. The fourth-order valence-corrected chi connectivity index (χ4v) is 2.88. The second kappa shape index (κ2) is 4.39. The summed E-state index contributed by atoms with van der Waals surface area (Å²) in [5.41, 5.74) is 8.37. The molecule has 1 heterocycles. The Hall–Kier alpha value is -0.930. The largest absolute Gasteiger partial charge is 0.328 e. The number of hydrogen-bond acceptors (Lipinski definition) is 3. The van der Waals surface area contributed by atoms with E-state index in [1.165, 1.54) is 15.3 Å². The van der Waals surface area contributed by atoms with Gasteiger partial charge in [0, 0.05) is 11.5 Å². The highest BCUT2D eigenvalue weighted by molar-refractivity contribution is 7.18. The minimum Gasteiger partial charge on any atom is -0.328 e. The average molecular weight is 248 g/mol. The van der Waals surface area contributed by atoms with Gasteiger partial charge in [-0.3, -0.25) is 0 Å². The monoisotopic (exact) mass is 248 g/mol. The van der Waals surface area contributed by atoms with Crippen LogP contribution in [0.1, 0.15) is 38.3 Å². The van der Waals surface area contributed by atoms with Crippen molar-refractivity contribution in [2.45, 2.75) is 45.6 Å². The van der Waals surface area contributed by atoms with E-state index in [2.05, 4.69) is 39.0 Å². The average Bonchev–Trinajstić information content (AvgIpc) is 2.58. The standard InChI is InChI=1S/C14H20N2S/c1-9(15)7-10-5-6-11-12(8-10)17-13(16-11)14(2,3)4/h5-6,8-9H,7,15H2,1-4H3. The number of hydrogen-bond donors (Lipinski definition) is 1.